The van der Waals surface area contributed by atoms with Crippen molar-refractivity contribution in [3.63, 3.8) is 0 Å². The van der Waals surface area contributed by atoms with E-state index in [-0.39, 0.29) is 11.5 Å². The maximum Gasteiger partial charge on any atom is 0.373 e. The molecule has 5 nitrogen and oxygen atoms in total. The molecule has 2 aromatic heterocycles. The first-order valence-corrected chi connectivity index (χ1v) is 5.37. The van der Waals surface area contributed by atoms with Gasteiger partial charge in [0, 0.05) is 6.92 Å². The van der Waals surface area contributed by atoms with Crippen LogP contribution in [-0.2, 0) is 11.2 Å². The Hall–Kier alpha value is -2.30. The van der Waals surface area contributed by atoms with E-state index in [0.717, 1.165) is 0 Å². The van der Waals surface area contributed by atoms with Crippen molar-refractivity contribution in [2.24, 2.45) is 0 Å². The Labute approximate surface area is 103 Å². The number of esters is 1. The number of ketones is 1. The molecule has 0 amide bonds. The van der Waals surface area contributed by atoms with Crippen LogP contribution in [0.15, 0.2) is 33.1 Å². The number of ether oxygens (including phenoxy) is 1. The molecular weight excluding hydrogens is 236 g/mol. The van der Waals surface area contributed by atoms with Crippen molar-refractivity contribution in [2.45, 2.75) is 13.3 Å². The summed E-state index contributed by atoms with van der Waals surface area (Å²) in [4.78, 5) is 22.3. The molecule has 0 bridgehead atoms. The summed E-state index contributed by atoms with van der Waals surface area (Å²) in [5.41, 5.74) is 0. The van der Waals surface area contributed by atoms with Crippen molar-refractivity contribution in [1.82, 2.24) is 0 Å². The lowest BCUT2D eigenvalue weighted by Gasteiger charge is -1.94. The fourth-order valence-corrected chi connectivity index (χ4v) is 1.52. The number of rotatable bonds is 4. The standard InChI is InChI=1S/C13H12O5/c1-8(14)11-5-3-9(17-11)7-10-4-6-12(18-10)13(15)16-2/h3-6H,7H2,1-2H3. The van der Waals surface area contributed by atoms with Crippen LogP contribution in [0.3, 0.4) is 0 Å². The molecule has 0 spiro atoms. The lowest BCUT2D eigenvalue weighted by Crippen LogP contribution is -1.98. The number of carbonyl (C=O) groups excluding carboxylic acids is 2. The predicted octanol–water partition coefficient (Wildman–Crippen LogP) is 2.45. The number of carbonyl (C=O) groups is 2. The van der Waals surface area contributed by atoms with Gasteiger partial charge in [-0.3, -0.25) is 4.79 Å². The highest BCUT2D eigenvalue weighted by molar-refractivity contribution is 5.91. The van der Waals surface area contributed by atoms with Gasteiger partial charge in [0.15, 0.2) is 11.5 Å². The van der Waals surface area contributed by atoms with Gasteiger partial charge in [0.25, 0.3) is 0 Å². The van der Waals surface area contributed by atoms with E-state index in [2.05, 4.69) is 4.74 Å². The van der Waals surface area contributed by atoms with Gasteiger partial charge in [0.05, 0.1) is 13.5 Å². The summed E-state index contributed by atoms with van der Waals surface area (Å²) in [6.45, 7) is 1.44. The Morgan fingerprint density at radius 3 is 2.11 bits per heavy atom. The fourth-order valence-electron chi connectivity index (χ4n) is 1.52. The van der Waals surface area contributed by atoms with Gasteiger partial charge in [-0.05, 0) is 24.3 Å². The van der Waals surface area contributed by atoms with E-state index >= 15 is 0 Å². The molecule has 0 unspecified atom stereocenters. The minimum atomic E-state index is -0.523. The molecule has 5 heteroatoms. The lowest BCUT2D eigenvalue weighted by molar-refractivity contribution is 0.0563. The largest absolute Gasteiger partial charge is 0.463 e. The normalized spacial score (nSPS) is 10.3. The molecule has 94 valence electrons. The molecule has 18 heavy (non-hydrogen) atoms. The average molecular weight is 248 g/mol. The predicted molar refractivity (Wildman–Crippen MR) is 61.6 cm³/mol. The van der Waals surface area contributed by atoms with Crippen LogP contribution in [0.5, 0.6) is 0 Å². The highest BCUT2D eigenvalue weighted by Crippen LogP contribution is 2.16. The molecule has 0 aliphatic heterocycles. The van der Waals surface area contributed by atoms with Crippen LogP contribution in [0.2, 0.25) is 0 Å². The molecule has 0 aromatic carbocycles. The molecule has 0 aliphatic rings. The average Bonchev–Trinajstić information content (AvgIpc) is 2.98. The fraction of sp³-hybridized carbons (Fsp3) is 0.231. The zero-order valence-corrected chi connectivity index (χ0v) is 10.1. The molecule has 2 aromatic rings. The van der Waals surface area contributed by atoms with E-state index in [1.165, 1.54) is 20.1 Å². The SMILES string of the molecule is COC(=O)c1ccc(Cc2ccc(C(C)=O)o2)o1. The van der Waals surface area contributed by atoms with E-state index in [9.17, 15) is 9.59 Å². The summed E-state index contributed by atoms with van der Waals surface area (Å²) in [6.07, 6.45) is 0.379. The molecule has 0 saturated carbocycles. The van der Waals surface area contributed by atoms with Crippen molar-refractivity contribution >= 4 is 11.8 Å². The number of hydrogen-bond acceptors (Lipinski definition) is 5. The third-order valence-electron chi connectivity index (χ3n) is 2.41. The van der Waals surface area contributed by atoms with Crippen molar-refractivity contribution in [2.75, 3.05) is 7.11 Å². The van der Waals surface area contributed by atoms with E-state index in [0.29, 0.717) is 23.7 Å². The Kier molecular flexibility index (Phi) is 3.32. The monoisotopic (exact) mass is 248 g/mol. The highest BCUT2D eigenvalue weighted by Gasteiger charge is 2.13. The maximum absolute atomic E-state index is 11.2. The van der Waals surface area contributed by atoms with Crippen LogP contribution in [0.4, 0.5) is 0 Å². The Morgan fingerprint density at radius 2 is 1.61 bits per heavy atom. The third-order valence-corrected chi connectivity index (χ3v) is 2.41. The topological polar surface area (TPSA) is 69.7 Å². The summed E-state index contributed by atoms with van der Waals surface area (Å²) < 4.78 is 15.1. The van der Waals surface area contributed by atoms with E-state index < -0.39 is 5.97 Å². The molecule has 0 radical (unpaired) electrons. The van der Waals surface area contributed by atoms with Crippen LogP contribution in [0, 0.1) is 0 Å². The molecular formula is C13H12O5. The zero-order valence-electron chi connectivity index (χ0n) is 10.1. The zero-order chi connectivity index (χ0) is 13.1. The van der Waals surface area contributed by atoms with Crippen molar-refractivity contribution in [3.05, 3.63) is 47.3 Å². The quantitative estimate of drug-likeness (QED) is 0.614. The van der Waals surface area contributed by atoms with Gasteiger partial charge in [-0.1, -0.05) is 0 Å². The number of hydrogen-bond donors (Lipinski definition) is 0. The highest BCUT2D eigenvalue weighted by atomic mass is 16.5. The Balaban J connectivity index is 2.11. The Morgan fingerprint density at radius 1 is 1.06 bits per heavy atom. The molecule has 0 N–H and O–H groups in total. The van der Waals surface area contributed by atoms with E-state index in [4.69, 9.17) is 8.83 Å². The number of Topliss-reactive ketones (excluding diaryl/α,β-unsaturated/α-hetero) is 1. The third kappa shape index (κ3) is 2.51. The van der Waals surface area contributed by atoms with Gasteiger partial charge >= 0.3 is 5.97 Å². The first kappa shape index (κ1) is 12.2. The lowest BCUT2D eigenvalue weighted by atomic mass is 10.2. The van der Waals surface area contributed by atoms with Crippen molar-refractivity contribution in [1.29, 1.82) is 0 Å². The van der Waals surface area contributed by atoms with Crippen LogP contribution in [0.1, 0.15) is 39.6 Å². The second-order valence-corrected chi connectivity index (χ2v) is 3.76. The van der Waals surface area contributed by atoms with Crippen LogP contribution in [-0.4, -0.2) is 18.9 Å². The smallest absolute Gasteiger partial charge is 0.373 e. The molecule has 0 atom stereocenters. The first-order chi connectivity index (χ1) is 8.60. The van der Waals surface area contributed by atoms with Gasteiger partial charge in [0.1, 0.15) is 11.5 Å². The molecule has 0 aliphatic carbocycles. The number of methoxy groups -OCH3 is 1. The van der Waals surface area contributed by atoms with Crippen LogP contribution >= 0.6 is 0 Å². The van der Waals surface area contributed by atoms with E-state index in [1.807, 2.05) is 0 Å². The molecule has 2 heterocycles. The van der Waals surface area contributed by atoms with Gasteiger partial charge in [-0.15, -0.1) is 0 Å². The van der Waals surface area contributed by atoms with Crippen molar-refractivity contribution < 1.29 is 23.2 Å². The minimum Gasteiger partial charge on any atom is -0.463 e. The number of furan rings is 2. The summed E-state index contributed by atoms with van der Waals surface area (Å²) in [6, 6.07) is 6.52. The second-order valence-electron chi connectivity index (χ2n) is 3.76. The van der Waals surface area contributed by atoms with Gasteiger partial charge in [-0.25, -0.2) is 4.79 Å². The summed E-state index contributed by atoms with van der Waals surface area (Å²) in [5, 5.41) is 0. The molecule has 2 rings (SSSR count). The summed E-state index contributed by atoms with van der Waals surface area (Å²) in [7, 11) is 1.29. The molecule has 0 fully saturated rings. The summed E-state index contributed by atoms with van der Waals surface area (Å²) >= 11 is 0. The molecule has 0 saturated heterocycles. The Bertz CT molecular complexity index is 576. The van der Waals surface area contributed by atoms with E-state index in [1.54, 1.807) is 18.2 Å². The maximum atomic E-state index is 11.2. The van der Waals surface area contributed by atoms with Gasteiger partial charge in [0.2, 0.25) is 5.76 Å². The van der Waals surface area contributed by atoms with Crippen LogP contribution in [0.25, 0.3) is 0 Å². The van der Waals surface area contributed by atoms with Crippen molar-refractivity contribution in [3.8, 4) is 0 Å². The minimum absolute atomic E-state index is 0.129. The first-order valence-electron chi connectivity index (χ1n) is 5.37. The van der Waals surface area contributed by atoms with Crippen LogP contribution < -0.4 is 0 Å². The van der Waals surface area contributed by atoms with Gasteiger partial charge in [-0.2, -0.15) is 0 Å². The summed E-state index contributed by atoms with van der Waals surface area (Å²) in [5.74, 6) is 0.975. The van der Waals surface area contributed by atoms with Gasteiger partial charge < -0.3 is 13.6 Å². The second kappa shape index (κ2) is 4.91.